The maximum atomic E-state index is 12.3. The third-order valence-corrected chi connectivity index (χ3v) is 3.74. The summed E-state index contributed by atoms with van der Waals surface area (Å²) in [6.45, 7) is 0. The molecule has 5 nitrogen and oxygen atoms in total. The van der Waals surface area contributed by atoms with Crippen molar-refractivity contribution in [1.29, 1.82) is 0 Å². The number of hydrogen-bond donors (Lipinski definition) is 3. The van der Waals surface area contributed by atoms with Crippen LogP contribution in [0.4, 0.5) is 0 Å². The summed E-state index contributed by atoms with van der Waals surface area (Å²) >= 11 is 0. The molecule has 0 heterocycles. The molecule has 2 unspecified atom stereocenters. The number of rotatable bonds is 8. The van der Waals surface area contributed by atoms with Gasteiger partial charge in [0.2, 0.25) is 0 Å². The molecule has 2 aromatic carbocycles. The Labute approximate surface area is 141 Å². The monoisotopic (exact) mass is 327 g/mol. The van der Waals surface area contributed by atoms with E-state index in [1.807, 2.05) is 30.3 Å². The fraction of sp³-hybridized carbons (Fsp3) is 0.263. The number of carboxylic acids is 1. The number of carboxylic acid groups (broad SMARTS) is 1. The largest absolute Gasteiger partial charge is 0.481 e. The van der Waals surface area contributed by atoms with E-state index in [4.69, 9.17) is 5.11 Å². The van der Waals surface area contributed by atoms with Crippen LogP contribution in [0.2, 0.25) is 0 Å². The van der Waals surface area contributed by atoms with Gasteiger partial charge in [0.05, 0.1) is 0 Å². The van der Waals surface area contributed by atoms with Crippen molar-refractivity contribution in [2.24, 2.45) is 0 Å². The molecule has 0 saturated carbocycles. The Morgan fingerprint density at radius 2 is 1.54 bits per heavy atom. The highest BCUT2D eigenvalue weighted by Gasteiger charge is 2.21. The quantitative estimate of drug-likeness (QED) is 0.694. The molecule has 2 aromatic rings. The maximum absolute atomic E-state index is 12.3. The fourth-order valence-electron chi connectivity index (χ4n) is 2.49. The Morgan fingerprint density at radius 3 is 2.12 bits per heavy atom. The lowest BCUT2D eigenvalue weighted by Gasteiger charge is -2.20. The van der Waals surface area contributed by atoms with Crippen LogP contribution in [0.3, 0.4) is 0 Å². The van der Waals surface area contributed by atoms with Crippen LogP contribution in [0, 0.1) is 0 Å². The minimum atomic E-state index is -1.27. The van der Waals surface area contributed by atoms with E-state index >= 15 is 0 Å². The molecule has 0 fully saturated rings. The lowest BCUT2D eigenvalue weighted by molar-refractivity contribution is -0.137. The van der Waals surface area contributed by atoms with Gasteiger partial charge in [-0.15, -0.1) is 0 Å². The molecule has 1 amide bonds. The van der Waals surface area contributed by atoms with Gasteiger partial charge in [-0.25, -0.2) is 0 Å². The van der Waals surface area contributed by atoms with E-state index in [9.17, 15) is 14.7 Å². The number of aliphatic carboxylic acids is 1. The van der Waals surface area contributed by atoms with E-state index in [-0.39, 0.29) is 12.5 Å². The van der Waals surface area contributed by atoms with Crippen molar-refractivity contribution >= 4 is 11.9 Å². The molecular weight excluding hydrogens is 306 g/mol. The molecule has 0 aliphatic rings. The second-order valence-electron chi connectivity index (χ2n) is 5.64. The second-order valence-corrected chi connectivity index (χ2v) is 5.64. The smallest absolute Gasteiger partial charge is 0.303 e. The first-order chi connectivity index (χ1) is 11.6. The first-order valence-electron chi connectivity index (χ1n) is 7.85. The van der Waals surface area contributed by atoms with Gasteiger partial charge >= 0.3 is 5.97 Å². The van der Waals surface area contributed by atoms with Gasteiger partial charge < -0.3 is 15.5 Å². The van der Waals surface area contributed by atoms with Crippen molar-refractivity contribution in [2.75, 3.05) is 0 Å². The Balaban J connectivity index is 2.03. The average Bonchev–Trinajstić information content (AvgIpc) is 2.60. The summed E-state index contributed by atoms with van der Waals surface area (Å²) in [7, 11) is 0. The van der Waals surface area contributed by atoms with Gasteiger partial charge in [-0.3, -0.25) is 9.59 Å². The number of nitrogens with one attached hydrogen (secondary N) is 1. The number of aliphatic hydroxyl groups is 1. The third kappa shape index (κ3) is 5.52. The molecule has 3 N–H and O–H groups in total. The molecule has 0 aliphatic heterocycles. The van der Waals surface area contributed by atoms with Crippen LogP contribution in [-0.4, -0.2) is 28.1 Å². The van der Waals surface area contributed by atoms with Gasteiger partial charge in [0.15, 0.2) is 6.10 Å². The van der Waals surface area contributed by atoms with Crippen molar-refractivity contribution < 1.29 is 19.8 Å². The van der Waals surface area contributed by atoms with Crippen molar-refractivity contribution in [3.8, 4) is 0 Å². The maximum Gasteiger partial charge on any atom is 0.303 e. The highest BCUT2D eigenvalue weighted by molar-refractivity contribution is 5.82. The lowest BCUT2D eigenvalue weighted by atomic mass is 10.0. The van der Waals surface area contributed by atoms with Crippen LogP contribution in [-0.2, 0) is 16.0 Å². The number of benzene rings is 2. The van der Waals surface area contributed by atoms with Gasteiger partial charge in [-0.1, -0.05) is 60.7 Å². The Bertz CT molecular complexity index is 658. The minimum absolute atomic E-state index is 0.0424. The van der Waals surface area contributed by atoms with E-state index in [1.165, 1.54) is 0 Å². The molecule has 0 radical (unpaired) electrons. The van der Waals surface area contributed by atoms with Crippen molar-refractivity contribution in [3.63, 3.8) is 0 Å². The summed E-state index contributed by atoms with van der Waals surface area (Å²) < 4.78 is 0. The van der Waals surface area contributed by atoms with Crippen molar-refractivity contribution in [2.45, 2.75) is 31.4 Å². The standard InChI is InChI=1S/C19H21NO4/c21-17(22)12-11-16(13-14-7-3-1-4-8-14)20-19(24)18(23)15-9-5-2-6-10-15/h1-10,16,18,23H,11-13H2,(H,20,24)(H,21,22). The Morgan fingerprint density at radius 1 is 0.958 bits per heavy atom. The SMILES string of the molecule is O=C(O)CCC(Cc1ccccc1)NC(=O)C(O)c1ccccc1. The minimum Gasteiger partial charge on any atom is -0.481 e. The summed E-state index contributed by atoms with van der Waals surface area (Å²) in [6, 6.07) is 17.8. The van der Waals surface area contributed by atoms with Crippen molar-refractivity contribution in [3.05, 3.63) is 71.8 Å². The molecule has 5 heteroatoms. The highest BCUT2D eigenvalue weighted by Crippen LogP contribution is 2.14. The van der Waals surface area contributed by atoms with Crippen LogP contribution in [0.1, 0.15) is 30.1 Å². The molecule has 0 spiro atoms. The number of hydrogen-bond acceptors (Lipinski definition) is 3. The molecular formula is C19H21NO4. The second kappa shape index (κ2) is 8.84. The molecule has 0 bridgehead atoms. The highest BCUT2D eigenvalue weighted by atomic mass is 16.4. The third-order valence-electron chi connectivity index (χ3n) is 3.74. The van der Waals surface area contributed by atoms with E-state index in [0.29, 0.717) is 18.4 Å². The molecule has 2 atom stereocenters. The molecule has 0 aliphatic carbocycles. The summed E-state index contributed by atoms with van der Waals surface area (Å²) in [4.78, 5) is 23.1. The van der Waals surface area contributed by atoms with Crippen LogP contribution in [0.15, 0.2) is 60.7 Å². The summed E-state index contributed by atoms with van der Waals surface area (Å²) in [5.41, 5.74) is 1.51. The van der Waals surface area contributed by atoms with E-state index in [2.05, 4.69) is 5.32 Å². The number of aliphatic hydroxyl groups excluding tert-OH is 1. The predicted molar refractivity (Wildman–Crippen MR) is 90.3 cm³/mol. The Kier molecular flexibility index (Phi) is 6.51. The van der Waals surface area contributed by atoms with E-state index < -0.39 is 18.0 Å². The summed E-state index contributed by atoms with van der Waals surface area (Å²) in [5, 5.41) is 21.8. The van der Waals surface area contributed by atoms with E-state index in [0.717, 1.165) is 5.56 Å². The van der Waals surface area contributed by atoms with Gasteiger partial charge in [0.25, 0.3) is 5.91 Å². The summed E-state index contributed by atoms with van der Waals surface area (Å²) in [6.07, 6.45) is -0.493. The summed E-state index contributed by atoms with van der Waals surface area (Å²) in [5.74, 6) is -1.43. The predicted octanol–water partition coefficient (Wildman–Crippen LogP) is 2.31. The van der Waals surface area contributed by atoms with Gasteiger partial charge in [0.1, 0.15) is 0 Å². The van der Waals surface area contributed by atoms with Gasteiger partial charge in [-0.2, -0.15) is 0 Å². The van der Waals surface area contributed by atoms with Crippen LogP contribution in [0.5, 0.6) is 0 Å². The molecule has 2 rings (SSSR count). The number of amides is 1. The van der Waals surface area contributed by atoms with Crippen molar-refractivity contribution in [1.82, 2.24) is 5.32 Å². The number of carbonyl (C=O) groups is 2. The van der Waals surface area contributed by atoms with Gasteiger partial charge in [0, 0.05) is 12.5 Å². The first-order valence-corrected chi connectivity index (χ1v) is 7.85. The first kappa shape index (κ1) is 17.7. The zero-order valence-corrected chi connectivity index (χ0v) is 13.3. The number of carbonyl (C=O) groups excluding carboxylic acids is 1. The normalized spacial score (nSPS) is 13.0. The lowest BCUT2D eigenvalue weighted by Crippen LogP contribution is -2.39. The van der Waals surface area contributed by atoms with Crippen LogP contribution < -0.4 is 5.32 Å². The average molecular weight is 327 g/mol. The zero-order valence-electron chi connectivity index (χ0n) is 13.3. The fourth-order valence-corrected chi connectivity index (χ4v) is 2.49. The van der Waals surface area contributed by atoms with Crippen LogP contribution in [0.25, 0.3) is 0 Å². The van der Waals surface area contributed by atoms with E-state index in [1.54, 1.807) is 30.3 Å². The molecule has 24 heavy (non-hydrogen) atoms. The van der Waals surface area contributed by atoms with Crippen LogP contribution >= 0.6 is 0 Å². The molecule has 0 aromatic heterocycles. The zero-order chi connectivity index (χ0) is 17.4. The molecule has 0 saturated heterocycles. The van der Waals surface area contributed by atoms with Gasteiger partial charge in [-0.05, 0) is 24.0 Å². The molecule has 126 valence electrons. The Hall–Kier alpha value is -2.66. The topological polar surface area (TPSA) is 86.6 Å².